The van der Waals surface area contributed by atoms with Gasteiger partial charge in [-0.05, 0) is 56.0 Å². The van der Waals surface area contributed by atoms with Crippen LogP contribution in [0, 0.1) is 0 Å². The maximum atomic E-state index is 11.9. The van der Waals surface area contributed by atoms with Gasteiger partial charge in [-0.2, -0.15) is 0 Å². The summed E-state index contributed by atoms with van der Waals surface area (Å²) in [4.78, 5) is 23.4. The number of fused-ring (bicyclic) bond motifs is 1. The summed E-state index contributed by atoms with van der Waals surface area (Å²) in [7, 11) is 0. The number of amides is 2. The fourth-order valence-electron chi connectivity index (χ4n) is 2.66. The molecule has 0 radical (unpaired) electrons. The van der Waals surface area contributed by atoms with E-state index in [2.05, 4.69) is 10.6 Å². The van der Waals surface area contributed by atoms with E-state index in [-0.39, 0.29) is 11.8 Å². The van der Waals surface area contributed by atoms with Crippen LogP contribution in [-0.4, -0.2) is 18.4 Å². The Morgan fingerprint density at radius 1 is 1.18 bits per heavy atom. The van der Waals surface area contributed by atoms with Crippen LogP contribution >= 0.6 is 0 Å². The van der Waals surface area contributed by atoms with Gasteiger partial charge in [0.25, 0.3) is 0 Å². The fraction of sp³-hybridized carbons (Fsp3) is 0.529. The lowest BCUT2D eigenvalue weighted by Gasteiger charge is -2.10. The SMILES string of the molecule is NCCCCCCC(=O)Nc1ccc2c(c1)CCCC(=O)N2. The Morgan fingerprint density at radius 3 is 2.82 bits per heavy atom. The molecule has 0 atom stereocenters. The highest BCUT2D eigenvalue weighted by atomic mass is 16.2. The zero-order chi connectivity index (χ0) is 15.8. The van der Waals surface area contributed by atoms with Crippen LogP contribution in [-0.2, 0) is 16.0 Å². The smallest absolute Gasteiger partial charge is 0.224 e. The lowest BCUT2D eigenvalue weighted by molar-refractivity contribution is -0.117. The monoisotopic (exact) mass is 303 g/mol. The number of carbonyl (C=O) groups is 2. The molecule has 0 aliphatic carbocycles. The van der Waals surface area contributed by atoms with Crippen molar-refractivity contribution >= 4 is 23.2 Å². The van der Waals surface area contributed by atoms with E-state index in [4.69, 9.17) is 5.73 Å². The molecule has 1 aliphatic heterocycles. The first-order valence-electron chi connectivity index (χ1n) is 8.12. The minimum absolute atomic E-state index is 0.0466. The molecule has 4 N–H and O–H groups in total. The molecule has 2 amide bonds. The zero-order valence-corrected chi connectivity index (χ0v) is 13.0. The maximum Gasteiger partial charge on any atom is 0.224 e. The summed E-state index contributed by atoms with van der Waals surface area (Å²) in [5, 5.41) is 5.83. The van der Waals surface area contributed by atoms with Gasteiger partial charge in [-0.3, -0.25) is 9.59 Å². The number of nitrogens with one attached hydrogen (secondary N) is 2. The Kier molecular flexibility index (Phi) is 6.40. The van der Waals surface area contributed by atoms with Gasteiger partial charge < -0.3 is 16.4 Å². The number of anilines is 2. The molecule has 0 saturated carbocycles. The summed E-state index contributed by atoms with van der Waals surface area (Å²) in [6.07, 6.45) is 6.85. The summed E-state index contributed by atoms with van der Waals surface area (Å²) in [5.41, 5.74) is 8.20. The van der Waals surface area contributed by atoms with Crippen LogP contribution in [0.1, 0.15) is 50.5 Å². The van der Waals surface area contributed by atoms with E-state index in [0.29, 0.717) is 12.8 Å². The molecular formula is C17H25N3O2. The Morgan fingerprint density at radius 2 is 2.00 bits per heavy atom. The molecule has 2 rings (SSSR count). The Hall–Kier alpha value is -1.88. The van der Waals surface area contributed by atoms with Gasteiger partial charge in [0.05, 0.1) is 0 Å². The molecule has 0 saturated heterocycles. The fourth-order valence-corrected chi connectivity index (χ4v) is 2.66. The number of rotatable bonds is 7. The predicted molar refractivity (Wildman–Crippen MR) is 88.8 cm³/mol. The van der Waals surface area contributed by atoms with Crippen LogP contribution in [0.2, 0.25) is 0 Å². The van der Waals surface area contributed by atoms with Crippen LogP contribution in [0.3, 0.4) is 0 Å². The number of benzene rings is 1. The van der Waals surface area contributed by atoms with Crippen molar-refractivity contribution in [2.45, 2.75) is 51.4 Å². The van der Waals surface area contributed by atoms with E-state index in [9.17, 15) is 9.59 Å². The van der Waals surface area contributed by atoms with Crippen LogP contribution in [0.5, 0.6) is 0 Å². The van der Waals surface area contributed by atoms with E-state index < -0.39 is 0 Å². The molecule has 1 aromatic carbocycles. The summed E-state index contributed by atoms with van der Waals surface area (Å²) >= 11 is 0. The number of hydrogen-bond acceptors (Lipinski definition) is 3. The van der Waals surface area contributed by atoms with Gasteiger partial charge in [0, 0.05) is 24.2 Å². The number of nitrogens with two attached hydrogens (primary N) is 1. The molecule has 0 spiro atoms. The van der Waals surface area contributed by atoms with Crippen LogP contribution in [0.4, 0.5) is 11.4 Å². The minimum atomic E-state index is 0.0466. The largest absolute Gasteiger partial charge is 0.330 e. The molecule has 1 heterocycles. The molecule has 5 heteroatoms. The Balaban J connectivity index is 1.84. The Labute approximate surface area is 131 Å². The zero-order valence-electron chi connectivity index (χ0n) is 13.0. The second kappa shape index (κ2) is 8.54. The first-order valence-corrected chi connectivity index (χ1v) is 8.12. The van der Waals surface area contributed by atoms with Crippen molar-refractivity contribution in [2.24, 2.45) is 5.73 Å². The first-order chi connectivity index (χ1) is 10.7. The van der Waals surface area contributed by atoms with Crippen LogP contribution < -0.4 is 16.4 Å². The van der Waals surface area contributed by atoms with Gasteiger partial charge in [0.15, 0.2) is 0 Å². The number of carbonyl (C=O) groups excluding carboxylic acids is 2. The number of aryl methyl sites for hydroxylation is 1. The molecule has 0 fully saturated rings. The molecule has 120 valence electrons. The van der Waals surface area contributed by atoms with Crippen molar-refractivity contribution in [3.05, 3.63) is 23.8 Å². The summed E-state index contributed by atoms with van der Waals surface area (Å²) in [6, 6.07) is 5.68. The number of unbranched alkanes of at least 4 members (excludes halogenated alkanes) is 3. The van der Waals surface area contributed by atoms with Crippen molar-refractivity contribution in [1.29, 1.82) is 0 Å². The van der Waals surface area contributed by atoms with Gasteiger partial charge in [0.2, 0.25) is 11.8 Å². The summed E-state index contributed by atoms with van der Waals surface area (Å²) in [6.45, 7) is 0.720. The molecule has 1 aliphatic rings. The molecule has 0 aromatic heterocycles. The predicted octanol–water partition coefficient (Wildman–Crippen LogP) is 2.81. The Bertz CT molecular complexity index is 529. The molecule has 0 bridgehead atoms. The summed E-state index contributed by atoms with van der Waals surface area (Å²) < 4.78 is 0. The van der Waals surface area contributed by atoms with E-state index in [1.54, 1.807) is 0 Å². The average molecular weight is 303 g/mol. The van der Waals surface area contributed by atoms with Gasteiger partial charge in [-0.1, -0.05) is 12.8 Å². The topological polar surface area (TPSA) is 84.2 Å². The van der Waals surface area contributed by atoms with Crippen LogP contribution in [0.25, 0.3) is 0 Å². The quantitative estimate of drug-likeness (QED) is 0.677. The van der Waals surface area contributed by atoms with Gasteiger partial charge >= 0.3 is 0 Å². The second-order valence-corrected chi connectivity index (χ2v) is 5.77. The van der Waals surface area contributed by atoms with E-state index >= 15 is 0 Å². The lowest BCUT2D eigenvalue weighted by Crippen LogP contribution is -2.12. The minimum Gasteiger partial charge on any atom is -0.330 e. The van der Waals surface area contributed by atoms with Gasteiger partial charge in [-0.25, -0.2) is 0 Å². The molecule has 22 heavy (non-hydrogen) atoms. The molecule has 5 nitrogen and oxygen atoms in total. The number of hydrogen-bond donors (Lipinski definition) is 3. The highest BCUT2D eigenvalue weighted by Gasteiger charge is 2.13. The molecule has 1 aromatic rings. The highest BCUT2D eigenvalue weighted by molar-refractivity contribution is 5.94. The molecular weight excluding hydrogens is 278 g/mol. The standard InChI is InChI=1S/C17H25N3O2/c18-11-4-2-1-3-7-16(21)19-14-9-10-15-13(12-14)6-5-8-17(22)20-15/h9-10,12H,1-8,11,18H2,(H,19,21)(H,20,22). The van der Waals surface area contributed by atoms with Crippen molar-refractivity contribution in [3.63, 3.8) is 0 Å². The van der Waals surface area contributed by atoms with E-state index in [0.717, 1.165) is 62.0 Å². The van der Waals surface area contributed by atoms with Gasteiger partial charge in [-0.15, -0.1) is 0 Å². The normalized spacial score (nSPS) is 14.0. The third kappa shape index (κ3) is 5.15. The van der Waals surface area contributed by atoms with E-state index in [1.807, 2.05) is 18.2 Å². The first kappa shape index (κ1) is 16.5. The average Bonchev–Trinajstić information content (AvgIpc) is 2.67. The van der Waals surface area contributed by atoms with Crippen molar-refractivity contribution < 1.29 is 9.59 Å². The van der Waals surface area contributed by atoms with Crippen LogP contribution in [0.15, 0.2) is 18.2 Å². The lowest BCUT2D eigenvalue weighted by atomic mass is 10.1. The third-order valence-electron chi connectivity index (χ3n) is 3.87. The summed E-state index contributed by atoms with van der Waals surface area (Å²) in [5.74, 6) is 0.110. The maximum absolute atomic E-state index is 11.9. The van der Waals surface area contributed by atoms with E-state index in [1.165, 1.54) is 0 Å². The third-order valence-corrected chi connectivity index (χ3v) is 3.87. The van der Waals surface area contributed by atoms with Crippen molar-refractivity contribution in [3.8, 4) is 0 Å². The second-order valence-electron chi connectivity index (χ2n) is 5.77. The van der Waals surface area contributed by atoms with Crippen molar-refractivity contribution in [2.75, 3.05) is 17.2 Å². The molecule has 0 unspecified atom stereocenters. The van der Waals surface area contributed by atoms with Crippen molar-refractivity contribution in [1.82, 2.24) is 0 Å². The highest BCUT2D eigenvalue weighted by Crippen LogP contribution is 2.25. The van der Waals surface area contributed by atoms with Gasteiger partial charge in [0.1, 0.15) is 0 Å².